The monoisotopic (exact) mass is 489 g/mol. The number of benzene rings is 2. The normalized spacial score (nSPS) is 11.2. The van der Waals surface area contributed by atoms with Crippen molar-refractivity contribution in [3.05, 3.63) is 71.8 Å². The van der Waals surface area contributed by atoms with Crippen molar-refractivity contribution in [1.82, 2.24) is 19.3 Å². The minimum absolute atomic E-state index is 0.0212. The number of carbonyl (C=O) groups is 1. The Morgan fingerprint density at radius 3 is 2.44 bits per heavy atom. The second-order valence-electron chi connectivity index (χ2n) is 6.81. The van der Waals surface area contributed by atoms with E-state index in [0.29, 0.717) is 35.0 Å². The molecule has 0 radical (unpaired) electrons. The van der Waals surface area contributed by atoms with Gasteiger partial charge in [0.25, 0.3) is 5.91 Å². The molecule has 8 nitrogen and oxygen atoms in total. The summed E-state index contributed by atoms with van der Waals surface area (Å²) < 4.78 is 56.3. The molecule has 0 aliphatic heterocycles. The van der Waals surface area contributed by atoms with Crippen LogP contribution in [0.15, 0.2) is 54.9 Å². The molecule has 0 unspecified atom stereocenters. The summed E-state index contributed by atoms with van der Waals surface area (Å²) >= 11 is 0.793. The lowest BCUT2D eigenvalue weighted by Crippen LogP contribution is -2.11. The number of hydrogen-bond donors (Lipinski definition) is 3. The van der Waals surface area contributed by atoms with Gasteiger partial charge in [0.05, 0.1) is 5.56 Å². The van der Waals surface area contributed by atoms with Gasteiger partial charge in [-0.2, -0.15) is 22.5 Å². The molecule has 0 fully saturated rings. The van der Waals surface area contributed by atoms with E-state index in [1.807, 2.05) is 0 Å². The SMILES string of the molecule is CNc1cc(Nc2ccc(C(=O)Nc3nc(-c4ccc(F)c(C(F)(F)F)c4)ns3)cc2)ncn1. The van der Waals surface area contributed by atoms with E-state index < -0.39 is 23.5 Å². The smallest absolute Gasteiger partial charge is 0.373 e. The number of aromatic nitrogens is 4. The fourth-order valence-electron chi connectivity index (χ4n) is 2.86. The van der Waals surface area contributed by atoms with E-state index in [1.165, 1.54) is 6.33 Å². The standard InChI is InChI=1S/C21H15F4N7OS/c1-26-16-9-17(28-10-27-16)29-13-5-2-11(3-6-13)19(33)31-20-30-18(32-34-20)12-4-7-15(22)14(8-12)21(23,24)25/h2-10H,1H3,(H2,26,27,28,29)(H,30,31,32,33). The summed E-state index contributed by atoms with van der Waals surface area (Å²) in [6.45, 7) is 0. The highest BCUT2D eigenvalue weighted by Crippen LogP contribution is 2.34. The number of amides is 1. The molecule has 174 valence electrons. The summed E-state index contributed by atoms with van der Waals surface area (Å²) in [5.74, 6) is -0.729. The Bertz CT molecular complexity index is 1330. The summed E-state index contributed by atoms with van der Waals surface area (Å²) in [6, 6.07) is 10.7. The lowest BCUT2D eigenvalue weighted by molar-refractivity contribution is -0.139. The molecule has 4 aromatic rings. The molecular weight excluding hydrogens is 474 g/mol. The topological polar surface area (TPSA) is 105 Å². The van der Waals surface area contributed by atoms with E-state index in [-0.39, 0.29) is 16.5 Å². The maximum Gasteiger partial charge on any atom is 0.419 e. The van der Waals surface area contributed by atoms with Crippen LogP contribution in [0.4, 0.5) is 40.0 Å². The van der Waals surface area contributed by atoms with Gasteiger partial charge >= 0.3 is 6.18 Å². The number of rotatable bonds is 6. The van der Waals surface area contributed by atoms with Gasteiger partial charge in [-0.3, -0.25) is 10.1 Å². The Hall–Kier alpha value is -4.13. The van der Waals surface area contributed by atoms with Crippen LogP contribution in [-0.4, -0.2) is 32.3 Å². The summed E-state index contributed by atoms with van der Waals surface area (Å²) in [4.78, 5) is 24.7. The molecule has 0 aliphatic rings. The van der Waals surface area contributed by atoms with Crippen molar-refractivity contribution in [3.63, 3.8) is 0 Å². The van der Waals surface area contributed by atoms with Crippen LogP contribution in [0.2, 0.25) is 0 Å². The van der Waals surface area contributed by atoms with Crippen molar-refractivity contribution < 1.29 is 22.4 Å². The molecule has 4 rings (SSSR count). The lowest BCUT2D eigenvalue weighted by Gasteiger charge is -2.08. The first-order chi connectivity index (χ1) is 16.2. The summed E-state index contributed by atoms with van der Waals surface area (Å²) in [5, 5.41) is 8.62. The van der Waals surface area contributed by atoms with E-state index in [4.69, 9.17) is 0 Å². The number of nitrogens with one attached hydrogen (secondary N) is 3. The molecular formula is C21H15F4N7OS. The van der Waals surface area contributed by atoms with Crippen LogP contribution in [-0.2, 0) is 6.18 Å². The fraction of sp³-hybridized carbons (Fsp3) is 0.0952. The van der Waals surface area contributed by atoms with Crippen molar-refractivity contribution in [2.24, 2.45) is 0 Å². The molecule has 34 heavy (non-hydrogen) atoms. The Labute approximate surface area is 194 Å². The van der Waals surface area contributed by atoms with Crippen molar-refractivity contribution in [3.8, 4) is 11.4 Å². The fourth-order valence-corrected chi connectivity index (χ4v) is 3.44. The first-order valence-corrected chi connectivity index (χ1v) is 10.4. The van der Waals surface area contributed by atoms with Crippen molar-refractivity contribution >= 4 is 39.9 Å². The highest BCUT2D eigenvalue weighted by molar-refractivity contribution is 7.10. The van der Waals surface area contributed by atoms with Gasteiger partial charge in [0.15, 0.2) is 5.82 Å². The first kappa shape index (κ1) is 23.0. The average molecular weight is 489 g/mol. The third kappa shape index (κ3) is 5.26. The third-order valence-corrected chi connectivity index (χ3v) is 5.15. The largest absolute Gasteiger partial charge is 0.419 e. The Balaban J connectivity index is 1.44. The number of alkyl halides is 3. The van der Waals surface area contributed by atoms with Gasteiger partial charge in [-0.25, -0.2) is 14.4 Å². The van der Waals surface area contributed by atoms with Crippen LogP contribution in [0.3, 0.4) is 0 Å². The summed E-state index contributed by atoms with van der Waals surface area (Å²) in [5.41, 5.74) is -0.426. The van der Waals surface area contributed by atoms with Crippen LogP contribution in [0.5, 0.6) is 0 Å². The summed E-state index contributed by atoms with van der Waals surface area (Å²) in [6.07, 6.45) is -3.45. The zero-order chi connectivity index (χ0) is 24.3. The number of carbonyl (C=O) groups excluding carboxylic acids is 1. The molecule has 1 amide bonds. The second kappa shape index (κ2) is 9.39. The van der Waals surface area contributed by atoms with Crippen LogP contribution in [0.25, 0.3) is 11.4 Å². The zero-order valence-corrected chi connectivity index (χ0v) is 18.1. The van der Waals surface area contributed by atoms with E-state index in [9.17, 15) is 22.4 Å². The minimum Gasteiger partial charge on any atom is -0.373 e. The van der Waals surface area contributed by atoms with Gasteiger partial charge in [-0.05, 0) is 42.5 Å². The molecule has 0 spiro atoms. The Kier molecular flexibility index (Phi) is 6.36. The molecule has 0 aliphatic carbocycles. The number of nitrogens with zero attached hydrogens (tertiary/aromatic N) is 4. The number of anilines is 4. The Morgan fingerprint density at radius 1 is 1.00 bits per heavy atom. The Morgan fingerprint density at radius 2 is 1.74 bits per heavy atom. The highest BCUT2D eigenvalue weighted by Gasteiger charge is 2.34. The van der Waals surface area contributed by atoms with Crippen molar-refractivity contribution in [2.75, 3.05) is 23.0 Å². The van der Waals surface area contributed by atoms with Crippen LogP contribution < -0.4 is 16.0 Å². The van der Waals surface area contributed by atoms with Crippen LogP contribution in [0.1, 0.15) is 15.9 Å². The highest BCUT2D eigenvalue weighted by atomic mass is 32.1. The molecule has 0 bridgehead atoms. The molecule has 0 saturated carbocycles. The van der Waals surface area contributed by atoms with Gasteiger partial charge in [0.1, 0.15) is 23.8 Å². The van der Waals surface area contributed by atoms with Gasteiger partial charge < -0.3 is 10.6 Å². The van der Waals surface area contributed by atoms with E-state index >= 15 is 0 Å². The molecule has 2 aromatic heterocycles. The quantitative estimate of drug-likeness (QED) is 0.320. The van der Waals surface area contributed by atoms with E-state index in [1.54, 1.807) is 37.4 Å². The molecule has 2 aromatic carbocycles. The minimum atomic E-state index is -4.85. The molecule has 13 heteroatoms. The van der Waals surface area contributed by atoms with Crippen LogP contribution >= 0.6 is 11.5 Å². The van der Waals surface area contributed by atoms with E-state index in [2.05, 4.69) is 35.3 Å². The number of hydrogen-bond acceptors (Lipinski definition) is 8. The predicted octanol–water partition coefficient (Wildman–Crippen LogP) is 5.19. The second-order valence-corrected chi connectivity index (χ2v) is 7.56. The zero-order valence-electron chi connectivity index (χ0n) is 17.3. The van der Waals surface area contributed by atoms with Crippen molar-refractivity contribution in [2.45, 2.75) is 6.18 Å². The van der Waals surface area contributed by atoms with Gasteiger partial charge in [0, 0.05) is 41.5 Å². The van der Waals surface area contributed by atoms with Gasteiger partial charge in [-0.1, -0.05) is 0 Å². The molecule has 3 N–H and O–H groups in total. The van der Waals surface area contributed by atoms with E-state index in [0.717, 1.165) is 17.6 Å². The van der Waals surface area contributed by atoms with Crippen molar-refractivity contribution in [1.29, 1.82) is 0 Å². The molecule has 0 atom stereocenters. The third-order valence-electron chi connectivity index (χ3n) is 4.52. The molecule has 2 heterocycles. The van der Waals surface area contributed by atoms with Gasteiger partial charge in [-0.15, -0.1) is 0 Å². The maximum atomic E-state index is 13.5. The summed E-state index contributed by atoms with van der Waals surface area (Å²) in [7, 11) is 1.74. The first-order valence-electron chi connectivity index (χ1n) is 9.62. The average Bonchev–Trinajstić information content (AvgIpc) is 3.27. The van der Waals surface area contributed by atoms with Gasteiger partial charge in [0.2, 0.25) is 5.13 Å². The number of halogens is 4. The van der Waals surface area contributed by atoms with Crippen LogP contribution in [0, 0.1) is 5.82 Å². The molecule has 0 saturated heterocycles. The predicted molar refractivity (Wildman–Crippen MR) is 120 cm³/mol. The maximum absolute atomic E-state index is 13.5. The lowest BCUT2D eigenvalue weighted by atomic mass is 10.1.